The second kappa shape index (κ2) is 9.95. The van der Waals surface area contributed by atoms with E-state index in [-0.39, 0.29) is 58.1 Å². The van der Waals surface area contributed by atoms with Crippen LogP contribution in [-0.2, 0) is 21.7 Å². The molecule has 0 amide bonds. The van der Waals surface area contributed by atoms with Crippen LogP contribution >= 0.6 is 0 Å². The monoisotopic (exact) mass is 372 g/mol. The van der Waals surface area contributed by atoms with E-state index >= 15 is 0 Å². The molecule has 1 aromatic rings. The Labute approximate surface area is 162 Å². The van der Waals surface area contributed by atoms with E-state index in [1.165, 1.54) is 22.3 Å². The molecular weight excluding hydrogens is 349 g/mol. The zero-order chi connectivity index (χ0) is 14.0. The number of nitrogens with zero attached hydrogens (tertiary/aromatic N) is 1. The van der Waals surface area contributed by atoms with Crippen molar-refractivity contribution >= 4 is 5.57 Å². The standard InChI is InChI=1S/C18H24N.2ClH.Ti/c1-13-9-8-12-15(13)17-11-7-6-10-16(17)14(2)19-18(3,4)5;;;/h6-11,14H,12H2,1-5H3;2*1H;/q-1;;;+3/p-2. The number of hydrogen-bond acceptors (Lipinski definition) is 0. The molecule has 119 valence electrons. The Hall–Kier alpha value is -0.0457. The maximum atomic E-state index is 4.89. The first kappa shape index (κ1) is 24.2. The number of benzene rings is 1. The summed E-state index contributed by atoms with van der Waals surface area (Å²) < 4.78 is 0. The van der Waals surface area contributed by atoms with E-state index < -0.39 is 0 Å². The molecule has 1 nitrogen and oxygen atoms in total. The average Bonchev–Trinajstić information content (AvgIpc) is 2.73. The molecule has 0 aliphatic heterocycles. The minimum Gasteiger partial charge on any atom is -1.00 e. The number of rotatable bonds is 3. The Morgan fingerprint density at radius 1 is 1.09 bits per heavy atom. The van der Waals surface area contributed by atoms with Crippen LogP contribution in [-0.4, -0.2) is 5.54 Å². The Morgan fingerprint density at radius 2 is 1.68 bits per heavy atom. The fourth-order valence-corrected chi connectivity index (χ4v) is 2.72. The summed E-state index contributed by atoms with van der Waals surface area (Å²) in [6.07, 6.45) is 5.51. The first-order valence-electron chi connectivity index (χ1n) is 7.06. The summed E-state index contributed by atoms with van der Waals surface area (Å²) in [7, 11) is 0. The van der Waals surface area contributed by atoms with Crippen molar-refractivity contribution in [2.24, 2.45) is 0 Å². The van der Waals surface area contributed by atoms with E-state index in [4.69, 9.17) is 5.32 Å². The van der Waals surface area contributed by atoms with Gasteiger partial charge in [0.05, 0.1) is 0 Å². The fourth-order valence-electron chi connectivity index (χ4n) is 2.72. The van der Waals surface area contributed by atoms with Gasteiger partial charge in [-0.2, -0.15) is 0 Å². The van der Waals surface area contributed by atoms with Crippen LogP contribution in [0.25, 0.3) is 10.9 Å². The van der Waals surface area contributed by atoms with E-state index in [1.54, 1.807) is 0 Å². The van der Waals surface area contributed by atoms with Gasteiger partial charge in [0.1, 0.15) is 0 Å². The van der Waals surface area contributed by atoms with Crippen molar-refractivity contribution in [3.8, 4) is 0 Å². The third kappa shape index (κ3) is 6.22. The number of hydrogen-bond donors (Lipinski definition) is 0. The molecule has 22 heavy (non-hydrogen) atoms. The predicted octanol–water partition coefficient (Wildman–Crippen LogP) is -0.341. The molecule has 0 saturated carbocycles. The quantitative estimate of drug-likeness (QED) is 0.644. The molecule has 0 fully saturated rings. The number of halogens is 2. The molecule has 0 spiro atoms. The molecule has 1 radical (unpaired) electrons. The Morgan fingerprint density at radius 3 is 2.18 bits per heavy atom. The van der Waals surface area contributed by atoms with Gasteiger partial charge in [0, 0.05) is 0 Å². The molecule has 4 heteroatoms. The van der Waals surface area contributed by atoms with Gasteiger partial charge in [0.2, 0.25) is 0 Å². The van der Waals surface area contributed by atoms with Crippen LogP contribution in [0.15, 0.2) is 42.0 Å². The van der Waals surface area contributed by atoms with Gasteiger partial charge >= 0.3 is 21.7 Å². The predicted molar refractivity (Wildman–Crippen MR) is 84.3 cm³/mol. The second-order valence-electron chi connectivity index (χ2n) is 6.33. The van der Waals surface area contributed by atoms with Crippen LogP contribution in [0.1, 0.15) is 58.2 Å². The normalized spacial score (nSPS) is 14.8. The summed E-state index contributed by atoms with van der Waals surface area (Å²) in [6, 6.07) is 8.92. The van der Waals surface area contributed by atoms with E-state index in [2.05, 4.69) is 71.0 Å². The summed E-state index contributed by atoms with van der Waals surface area (Å²) in [6.45, 7) is 10.9. The average molecular weight is 373 g/mol. The molecule has 1 aliphatic carbocycles. The van der Waals surface area contributed by atoms with Crippen molar-refractivity contribution in [2.45, 2.75) is 52.6 Å². The first-order valence-corrected chi connectivity index (χ1v) is 7.06. The van der Waals surface area contributed by atoms with E-state index in [1.807, 2.05) is 0 Å². The SMILES string of the molecule is CC1=C(c2ccccc2C(C)[N-]C(C)(C)C)CC=C1.[Cl-].[Cl-].[Ti+3]. The van der Waals surface area contributed by atoms with Gasteiger partial charge in [-0.1, -0.05) is 69.7 Å². The van der Waals surface area contributed by atoms with Crippen molar-refractivity contribution < 1.29 is 46.5 Å². The molecular formula is C18H24Cl2NTi. The van der Waals surface area contributed by atoms with Gasteiger partial charge < -0.3 is 30.1 Å². The zero-order valence-corrected chi connectivity index (χ0v) is 17.0. The maximum absolute atomic E-state index is 4.89. The molecule has 1 aromatic carbocycles. The molecule has 0 bridgehead atoms. The van der Waals surface area contributed by atoms with Crippen molar-refractivity contribution in [1.29, 1.82) is 0 Å². The summed E-state index contributed by atoms with van der Waals surface area (Å²) in [5, 5.41) is 4.89. The maximum Gasteiger partial charge on any atom is 3.00 e. The zero-order valence-electron chi connectivity index (χ0n) is 14.0. The first-order chi connectivity index (χ1) is 8.88. The largest absolute Gasteiger partial charge is 3.00 e. The van der Waals surface area contributed by atoms with Crippen LogP contribution in [0, 0.1) is 0 Å². The summed E-state index contributed by atoms with van der Waals surface area (Å²) >= 11 is 0. The summed E-state index contributed by atoms with van der Waals surface area (Å²) in [4.78, 5) is 0. The van der Waals surface area contributed by atoms with Gasteiger partial charge in [0.25, 0.3) is 0 Å². The van der Waals surface area contributed by atoms with Crippen molar-refractivity contribution in [3.05, 3.63) is 58.4 Å². The minimum atomic E-state index is 0. The molecule has 1 aliphatic rings. The van der Waals surface area contributed by atoms with E-state index in [0.717, 1.165) is 6.42 Å². The number of allylic oxidation sites excluding steroid dienone is 4. The van der Waals surface area contributed by atoms with Crippen molar-refractivity contribution in [1.82, 2.24) is 0 Å². The molecule has 1 unspecified atom stereocenters. The van der Waals surface area contributed by atoms with Crippen LogP contribution in [0.2, 0.25) is 0 Å². The molecule has 1 atom stereocenters. The third-order valence-corrected chi connectivity index (χ3v) is 3.48. The fraction of sp³-hybridized carbons (Fsp3) is 0.444. The van der Waals surface area contributed by atoms with Gasteiger partial charge in [-0.3, -0.25) is 0 Å². The third-order valence-electron chi connectivity index (χ3n) is 3.48. The van der Waals surface area contributed by atoms with Crippen molar-refractivity contribution in [2.75, 3.05) is 0 Å². The molecule has 0 heterocycles. The van der Waals surface area contributed by atoms with Crippen molar-refractivity contribution in [3.63, 3.8) is 0 Å². The Bertz CT molecular complexity index is 530. The molecule has 0 aromatic heterocycles. The smallest absolute Gasteiger partial charge is 1.00 e. The van der Waals surface area contributed by atoms with Crippen LogP contribution in [0.3, 0.4) is 0 Å². The van der Waals surface area contributed by atoms with Crippen LogP contribution in [0.4, 0.5) is 0 Å². The minimum absolute atomic E-state index is 0. The Kier molecular flexibility index (Phi) is 11.0. The van der Waals surface area contributed by atoms with Gasteiger partial charge in [-0.05, 0) is 30.1 Å². The topological polar surface area (TPSA) is 14.1 Å². The Balaban J connectivity index is 0. The van der Waals surface area contributed by atoms with Crippen LogP contribution < -0.4 is 24.8 Å². The summed E-state index contributed by atoms with van der Waals surface area (Å²) in [5.41, 5.74) is 5.55. The van der Waals surface area contributed by atoms with Crippen LogP contribution in [0.5, 0.6) is 0 Å². The molecule has 0 saturated heterocycles. The second-order valence-corrected chi connectivity index (χ2v) is 6.33. The molecule has 2 rings (SSSR count). The van der Waals surface area contributed by atoms with E-state index in [0.29, 0.717) is 0 Å². The van der Waals surface area contributed by atoms with Gasteiger partial charge in [-0.25, -0.2) is 0 Å². The van der Waals surface area contributed by atoms with E-state index in [9.17, 15) is 0 Å². The summed E-state index contributed by atoms with van der Waals surface area (Å²) in [5.74, 6) is 0. The van der Waals surface area contributed by atoms with Gasteiger partial charge in [-0.15, -0.1) is 11.6 Å². The van der Waals surface area contributed by atoms with Gasteiger partial charge in [0.15, 0.2) is 0 Å². The molecule has 0 N–H and O–H groups in total.